The van der Waals surface area contributed by atoms with E-state index in [2.05, 4.69) is 13.8 Å². The van der Waals surface area contributed by atoms with Crippen molar-refractivity contribution in [2.45, 2.75) is 65.7 Å². The van der Waals surface area contributed by atoms with Gasteiger partial charge in [0.15, 0.2) is 0 Å². The molecule has 0 saturated carbocycles. The van der Waals surface area contributed by atoms with Crippen LogP contribution < -0.4 is 0 Å². The van der Waals surface area contributed by atoms with E-state index in [0.717, 1.165) is 22.7 Å². The molecule has 2 aromatic heterocycles. The molecule has 2 aromatic rings. The smallest absolute Gasteiger partial charge is 0.398 e. The number of nitrogens with zero attached hydrogens (tertiary/aromatic N) is 2. The number of aromatic nitrogens is 2. The molecule has 0 aliphatic carbocycles. The summed E-state index contributed by atoms with van der Waals surface area (Å²) >= 11 is 1.64. The lowest BCUT2D eigenvalue weighted by Crippen LogP contribution is -2.41. The van der Waals surface area contributed by atoms with Crippen LogP contribution in [0.3, 0.4) is 0 Å². The number of halogens is 1. The summed E-state index contributed by atoms with van der Waals surface area (Å²) in [5.74, 6) is 0.492. The summed E-state index contributed by atoms with van der Waals surface area (Å²) in [6.07, 6.45) is 4.01. The molecule has 7 heteroatoms. The molecule has 27 heavy (non-hydrogen) atoms. The van der Waals surface area contributed by atoms with E-state index in [-0.39, 0.29) is 5.73 Å². The Morgan fingerprint density at radius 3 is 2.52 bits per heavy atom. The third-order valence-corrected chi connectivity index (χ3v) is 6.02. The summed E-state index contributed by atoms with van der Waals surface area (Å²) in [6, 6.07) is 4.05. The molecule has 0 atom stereocenters. The van der Waals surface area contributed by atoms with Crippen LogP contribution in [0.4, 0.5) is 4.39 Å². The Bertz CT molecular complexity index is 796. The number of hydrogen-bond donors (Lipinski definition) is 0. The lowest BCUT2D eigenvalue weighted by Gasteiger charge is -2.32. The molecule has 0 amide bonds. The predicted molar refractivity (Wildman–Crippen MR) is 109 cm³/mol. The van der Waals surface area contributed by atoms with Gasteiger partial charge in [0.2, 0.25) is 0 Å². The Kier molecular flexibility index (Phi) is 5.66. The van der Waals surface area contributed by atoms with Gasteiger partial charge < -0.3 is 9.31 Å². The second-order valence-corrected chi connectivity index (χ2v) is 9.43. The van der Waals surface area contributed by atoms with Crippen LogP contribution in [-0.4, -0.2) is 28.1 Å². The molecule has 0 spiro atoms. The third-order valence-electron chi connectivity index (χ3n) is 5.14. The van der Waals surface area contributed by atoms with Crippen molar-refractivity contribution in [3.05, 3.63) is 41.1 Å². The fraction of sp³-hybridized carbons (Fsp3) is 0.550. The predicted octanol–water partition coefficient (Wildman–Crippen LogP) is 5.29. The highest BCUT2D eigenvalue weighted by Gasteiger charge is 2.52. The Morgan fingerprint density at radius 1 is 1.30 bits per heavy atom. The minimum atomic E-state index is -0.953. The van der Waals surface area contributed by atoms with E-state index in [1.54, 1.807) is 17.4 Å². The maximum Gasteiger partial charge on any atom is 0.524 e. The first-order valence-corrected chi connectivity index (χ1v) is 10.3. The van der Waals surface area contributed by atoms with Gasteiger partial charge in [-0.05, 0) is 51.5 Å². The van der Waals surface area contributed by atoms with Gasteiger partial charge in [0.05, 0.1) is 16.1 Å². The van der Waals surface area contributed by atoms with E-state index in [0.29, 0.717) is 12.3 Å². The highest BCUT2D eigenvalue weighted by Crippen LogP contribution is 2.39. The molecule has 1 saturated heterocycles. The molecule has 1 fully saturated rings. The van der Waals surface area contributed by atoms with Gasteiger partial charge in [-0.2, -0.15) is 5.10 Å². The molecule has 0 N–H and O–H groups in total. The molecule has 146 valence electrons. The molecule has 3 heterocycles. The fourth-order valence-electron chi connectivity index (χ4n) is 2.96. The van der Waals surface area contributed by atoms with Crippen molar-refractivity contribution < 1.29 is 13.7 Å². The monoisotopic (exact) mass is 390 g/mol. The second kappa shape index (κ2) is 7.53. The largest absolute Gasteiger partial charge is 0.524 e. The van der Waals surface area contributed by atoms with Crippen molar-refractivity contribution in [2.75, 3.05) is 0 Å². The van der Waals surface area contributed by atoms with Crippen LogP contribution in [0.25, 0.3) is 10.6 Å². The van der Waals surface area contributed by atoms with Gasteiger partial charge in [-0.3, -0.25) is 4.68 Å². The summed E-state index contributed by atoms with van der Waals surface area (Å²) in [4.78, 5) is 1.09. The molecule has 4 nitrogen and oxygen atoms in total. The number of hydrogen-bond acceptors (Lipinski definition) is 4. The highest BCUT2D eigenvalue weighted by molar-refractivity contribution is 7.13. The number of allylic oxidation sites excluding steroid dienone is 1. The van der Waals surface area contributed by atoms with E-state index in [1.807, 2.05) is 56.1 Å². The molecule has 1 aliphatic rings. The van der Waals surface area contributed by atoms with Crippen molar-refractivity contribution in [2.24, 2.45) is 5.92 Å². The maximum atomic E-state index is 14.8. The Balaban J connectivity index is 1.81. The standard InChI is InChI=1S/C20H28BFN2O2S/c1-14(2)12-24-13-15(18(23-24)16-8-7-11-27-16)9-10-17(22)21-25-19(3,4)20(5,6)26-21/h7-8,10-11,13-14H,9,12H2,1-6H3. The van der Waals surface area contributed by atoms with E-state index in [4.69, 9.17) is 14.4 Å². The van der Waals surface area contributed by atoms with Gasteiger partial charge in [-0.15, -0.1) is 11.3 Å². The van der Waals surface area contributed by atoms with E-state index in [9.17, 15) is 4.39 Å². The maximum absolute atomic E-state index is 14.8. The van der Waals surface area contributed by atoms with Crippen LogP contribution in [-0.2, 0) is 22.3 Å². The Hall–Kier alpha value is -1.44. The molecule has 0 aromatic carbocycles. The zero-order chi connectivity index (χ0) is 19.8. The van der Waals surface area contributed by atoms with Crippen LogP contribution >= 0.6 is 11.3 Å². The van der Waals surface area contributed by atoms with Crippen molar-refractivity contribution in [1.29, 1.82) is 0 Å². The van der Waals surface area contributed by atoms with Gasteiger partial charge in [0.25, 0.3) is 0 Å². The molecule has 3 rings (SSSR count). The SMILES string of the molecule is CC(C)Cn1cc(CC=C(F)B2OC(C)(C)C(C)(C)O2)c(-c2cccs2)n1. The van der Waals surface area contributed by atoms with Gasteiger partial charge in [0, 0.05) is 18.3 Å². The first-order chi connectivity index (χ1) is 12.6. The lowest BCUT2D eigenvalue weighted by atomic mass is 9.87. The molecule has 0 bridgehead atoms. The third kappa shape index (κ3) is 4.36. The zero-order valence-corrected chi connectivity index (χ0v) is 17.8. The van der Waals surface area contributed by atoms with Crippen molar-refractivity contribution >= 4 is 18.5 Å². The normalized spacial score (nSPS) is 19.3. The summed E-state index contributed by atoms with van der Waals surface area (Å²) in [5, 5.41) is 6.76. The second-order valence-electron chi connectivity index (χ2n) is 8.48. The van der Waals surface area contributed by atoms with E-state index >= 15 is 0 Å². The van der Waals surface area contributed by atoms with Crippen LogP contribution in [0.1, 0.15) is 47.1 Å². The topological polar surface area (TPSA) is 36.3 Å². The summed E-state index contributed by atoms with van der Waals surface area (Å²) in [7, 11) is -0.953. The molecular formula is C20H28BFN2O2S. The van der Waals surface area contributed by atoms with Gasteiger partial charge in [-0.25, -0.2) is 4.39 Å². The lowest BCUT2D eigenvalue weighted by molar-refractivity contribution is 0.00578. The first kappa shape index (κ1) is 20.3. The van der Waals surface area contributed by atoms with Crippen LogP contribution in [0, 0.1) is 5.92 Å². The average Bonchev–Trinajstić information content (AvgIpc) is 3.23. The van der Waals surface area contributed by atoms with E-state index < -0.39 is 18.3 Å². The van der Waals surface area contributed by atoms with Crippen molar-refractivity contribution in [3.63, 3.8) is 0 Å². The molecule has 0 unspecified atom stereocenters. The fourth-order valence-corrected chi connectivity index (χ4v) is 3.70. The molecule has 1 aliphatic heterocycles. The first-order valence-electron chi connectivity index (χ1n) is 9.40. The molecule has 0 radical (unpaired) electrons. The Morgan fingerprint density at radius 2 is 1.96 bits per heavy atom. The van der Waals surface area contributed by atoms with Gasteiger partial charge in [-0.1, -0.05) is 26.0 Å². The minimum absolute atomic E-state index is 0.387. The minimum Gasteiger partial charge on any atom is -0.398 e. The summed E-state index contributed by atoms with van der Waals surface area (Å²) < 4.78 is 28.3. The number of thiophene rings is 1. The van der Waals surface area contributed by atoms with Crippen LogP contribution in [0.5, 0.6) is 0 Å². The molecular weight excluding hydrogens is 362 g/mol. The van der Waals surface area contributed by atoms with Crippen LogP contribution in [0.15, 0.2) is 35.5 Å². The van der Waals surface area contributed by atoms with E-state index in [1.165, 1.54) is 0 Å². The van der Waals surface area contributed by atoms with Crippen LogP contribution in [0.2, 0.25) is 0 Å². The Labute approximate surface area is 165 Å². The van der Waals surface area contributed by atoms with Crippen molar-refractivity contribution in [1.82, 2.24) is 9.78 Å². The quantitative estimate of drug-likeness (QED) is 0.629. The summed E-state index contributed by atoms with van der Waals surface area (Å²) in [5.41, 5.74) is 0.441. The van der Waals surface area contributed by atoms with Crippen molar-refractivity contribution in [3.8, 4) is 10.6 Å². The number of rotatable bonds is 6. The summed E-state index contributed by atoms with van der Waals surface area (Å²) in [6.45, 7) is 12.8. The van der Waals surface area contributed by atoms with Gasteiger partial charge >= 0.3 is 7.12 Å². The van der Waals surface area contributed by atoms with Gasteiger partial charge in [0.1, 0.15) is 11.4 Å². The zero-order valence-electron chi connectivity index (χ0n) is 17.0. The average molecular weight is 390 g/mol. The highest BCUT2D eigenvalue weighted by atomic mass is 32.1.